The van der Waals surface area contributed by atoms with Crippen LogP contribution in [-0.4, -0.2) is 115 Å². The number of likely N-dealkylation sites (tertiary alicyclic amines) is 1. The average molecular weight is 906 g/mol. The number of carbonyl (C=O) groups is 5. The summed E-state index contributed by atoms with van der Waals surface area (Å²) in [6.07, 6.45) is 4.87. The minimum absolute atomic E-state index is 0.0214. The van der Waals surface area contributed by atoms with Crippen LogP contribution in [0.3, 0.4) is 0 Å². The SMILES string of the molecule is CC#CC(=O)N1CC[C@H](C(=O)N(C)[C@H](C(=O)N[C@H]2Cc3nc(ns3)-c3ccc4c(c3)c(c(-c3cccnc3[C@H](C)CC)n4CC)CC(C)(C)COC(=O)[C@@H]3CCCN(N3)C2=O)C(C)C)C1. The Morgan fingerprint density at radius 2 is 1.89 bits per heavy atom. The number of cyclic esters (lactones) is 1. The van der Waals surface area contributed by atoms with Gasteiger partial charge >= 0.3 is 5.97 Å². The zero-order chi connectivity index (χ0) is 46.7. The van der Waals surface area contributed by atoms with Crippen molar-refractivity contribution in [2.24, 2.45) is 17.3 Å². The van der Waals surface area contributed by atoms with E-state index in [4.69, 9.17) is 19.1 Å². The fourth-order valence-electron chi connectivity index (χ4n) is 9.55. The summed E-state index contributed by atoms with van der Waals surface area (Å²) in [5.74, 6) is 3.10. The van der Waals surface area contributed by atoms with Crippen molar-refractivity contribution < 1.29 is 28.7 Å². The highest BCUT2D eigenvalue weighted by Gasteiger charge is 2.40. The number of likely N-dealkylation sites (N-methyl/N-ethyl adjacent to an activating group) is 1. The molecule has 7 rings (SSSR count). The van der Waals surface area contributed by atoms with Gasteiger partial charge in [0, 0.05) is 73.3 Å². The Labute approximate surface area is 386 Å². The molecule has 15 nitrogen and oxygen atoms in total. The minimum atomic E-state index is -1.12. The maximum atomic E-state index is 14.6. The number of nitrogens with zero attached hydrogens (tertiary/aromatic N) is 7. The van der Waals surface area contributed by atoms with Gasteiger partial charge in [0.1, 0.15) is 23.1 Å². The molecule has 4 amide bonds. The van der Waals surface area contributed by atoms with E-state index in [2.05, 4.69) is 80.0 Å². The maximum absolute atomic E-state index is 14.6. The number of nitrogens with one attached hydrogen (secondary N) is 2. The van der Waals surface area contributed by atoms with Crippen molar-refractivity contribution in [3.8, 4) is 34.5 Å². The molecule has 2 saturated heterocycles. The topological polar surface area (TPSA) is 172 Å². The third-order valence-electron chi connectivity index (χ3n) is 13.1. The van der Waals surface area contributed by atoms with Gasteiger partial charge in [-0.15, -0.1) is 0 Å². The Balaban J connectivity index is 1.26. The molecule has 0 spiro atoms. The van der Waals surface area contributed by atoms with Crippen LogP contribution < -0.4 is 10.7 Å². The van der Waals surface area contributed by atoms with Gasteiger partial charge in [0.05, 0.1) is 23.9 Å². The lowest BCUT2D eigenvalue weighted by atomic mass is 9.83. The van der Waals surface area contributed by atoms with Gasteiger partial charge in [-0.25, -0.2) is 10.4 Å². The van der Waals surface area contributed by atoms with Gasteiger partial charge in [-0.05, 0) is 111 Å². The molecule has 0 unspecified atom stereocenters. The summed E-state index contributed by atoms with van der Waals surface area (Å²) in [5, 5.41) is 5.98. The third-order valence-corrected chi connectivity index (χ3v) is 13.8. The smallest absolute Gasteiger partial charge is 0.324 e. The summed E-state index contributed by atoms with van der Waals surface area (Å²) in [6, 6.07) is 7.60. The van der Waals surface area contributed by atoms with Crippen LogP contribution >= 0.6 is 11.5 Å². The van der Waals surface area contributed by atoms with Crippen molar-refractivity contribution in [2.45, 2.75) is 125 Å². The van der Waals surface area contributed by atoms with Crippen LogP contribution in [0.4, 0.5) is 0 Å². The second-order valence-electron chi connectivity index (χ2n) is 18.8. The standard InChI is InChI=1S/C49H63N9O6S/c1-10-15-40(59)56-23-20-32(27-56)46(61)55(9)42(29(4)5)45(60)51-37-25-39-52-44(54-65-39)31-18-19-38-34(24-31)35(43(57(38)12-3)33-16-13-21-50-41(33)30(6)11-2)26-49(7,8)28-64-48(63)36-17-14-22-58(53-36)47(37)62/h13,16,18-19,21,24,29-30,32,36-37,42,53H,11-12,14,17,20,22-23,25-28H2,1-9H3,(H,51,60)/t30-,32+,36+,37+,42+/m1/s1. The van der Waals surface area contributed by atoms with E-state index in [1.807, 2.05) is 32.2 Å². The number of amides is 4. The van der Waals surface area contributed by atoms with Gasteiger partial charge < -0.3 is 24.4 Å². The van der Waals surface area contributed by atoms with Crippen LogP contribution in [0.5, 0.6) is 0 Å². The third kappa shape index (κ3) is 9.96. The summed E-state index contributed by atoms with van der Waals surface area (Å²) in [6.45, 7) is 17.8. The van der Waals surface area contributed by atoms with Crippen molar-refractivity contribution in [3.05, 3.63) is 52.8 Å². The van der Waals surface area contributed by atoms with E-state index in [1.54, 1.807) is 18.9 Å². The van der Waals surface area contributed by atoms with Crippen molar-refractivity contribution >= 4 is 52.0 Å². The summed E-state index contributed by atoms with van der Waals surface area (Å²) >= 11 is 1.17. The van der Waals surface area contributed by atoms with Crippen molar-refractivity contribution in [1.29, 1.82) is 0 Å². The molecule has 4 aromatic rings. The number of carbonyl (C=O) groups excluding carboxylic acids is 5. The van der Waals surface area contributed by atoms with E-state index >= 15 is 0 Å². The van der Waals surface area contributed by atoms with Crippen LogP contribution in [0.15, 0.2) is 36.5 Å². The Kier molecular flexibility index (Phi) is 14.4. The van der Waals surface area contributed by atoms with Gasteiger partial charge in [0.25, 0.3) is 11.8 Å². The number of hydrazine groups is 1. The lowest BCUT2D eigenvalue weighted by Crippen LogP contribution is -2.62. The normalized spacial score (nSPS) is 21.0. The Morgan fingerprint density at radius 3 is 2.62 bits per heavy atom. The number of hydrogen-bond donors (Lipinski definition) is 2. The molecule has 6 bridgehead atoms. The van der Waals surface area contributed by atoms with Crippen molar-refractivity contribution in [2.75, 3.05) is 33.3 Å². The number of pyridine rings is 1. The molecular formula is C49H63N9O6S. The number of fused-ring (bicyclic) bond motifs is 6. The fraction of sp³-hybridized carbons (Fsp3) is 0.551. The molecule has 2 N–H and O–H groups in total. The fourth-order valence-corrected chi connectivity index (χ4v) is 10.3. The molecular weight excluding hydrogens is 843 g/mol. The largest absolute Gasteiger partial charge is 0.464 e. The molecule has 6 heterocycles. The first-order chi connectivity index (χ1) is 31.0. The number of benzene rings is 1. The number of esters is 1. The first-order valence-electron chi connectivity index (χ1n) is 23.0. The number of hydrogen-bond acceptors (Lipinski definition) is 11. The number of rotatable bonds is 9. The molecule has 346 valence electrons. The molecule has 0 radical (unpaired) electrons. The number of aryl methyl sites for hydroxylation is 1. The Hall–Kier alpha value is -5.66. The van der Waals surface area contributed by atoms with E-state index in [9.17, 15) is 24.0 Å². The first kappa shape index (κ1) is 47.3. The summed E-state index contributed by atoms with van der Waals surface area (Å²) in [5.41, 5.74) is 8.85. The monoisotopic (exact) mass is 905 g/mol. The second kappa shape index (κ2) is 19.8. The zero-order valence-electron chi connectivity index (χ0n) is 39.2. The predicted molar refractivity (Wildman–Crippen MR) is 250 cm³/mol. The highest BCUT2D eigenvalue weighted by atomic mass is 32.1. The van der Waals surface area contributed by atoms with Crippen molar-refractivity contribution in [1.82, 2.24) is 44.5 Å². The summed E-state index contributed by atoms with van der Waals surface area (Å²) in [7, 11) is 1.59. The minimum Gasteiger partial charge on any atom is -0.464 e. The molecule has 65 heavy (non-hydrogen) atoms. The summed E-state index contributed by atoms with van der Waals surface area (Å²) in [4.78, 5) is 82.2. The maximum Gasteiger partial charge on any atom is 0.324 e. The number of aromatic nitrogens is 4. The molecule has 3 aromatic heterocycles. The number of ether oxygens (including phenoxy) is 1. The van der Waals surface area contributed by atoms with Crippen LogP contribution in [-0.2, 0) is 48.1 Å². The van der Waals surface area contributed by atoms with E-state index in [1.165, 1.54) is 21.4 Å². The predicted octanol–water partition coefficient (Wildman–Crippen LogP) is 5.76. The van der Waals surface area contributed by atoms with Crippen LogP contribution in [0.1, 0.15) is 103 Å². The van der Waals surface area contributed by atoms with Crippen LogP contribution in [0.25, 0.3) is 33.5 Å². The van der Waals surface area contributed by atoms with Gasteiger partial charge in [0.15, 0.2) is 5.82 Å². The van der Waals surface area contributed by atoms with Gasteiger partial charge in [-0.1, -0.05) is 47.5 Å². The quantitative estimate of drug-likeness (QED) is 0.156. The lowest BCUT2D eigenvalue weighted by Gasteiger charge is -2.36. The molecule has 3 aliphatic rings. The molecule has 0 saturated carbocycles. The van der Waals surface area contributed by atoms with Crippen LogP contribution in [0.2, 0.25) is 0 Å². The first-order valence-corrected chi connectivity index (χ1v) is 23.8. The molecule has 3 aliphatic heterocycles. The van der Waals surface area contributed by atoms with Gasteiger partial charge in [-0.2, -0.15) is 4.37 Å². The molecule has 16 heteroatoms. The lowest BCUT2D eigenvalue weighted by molar-refractivity contribution is -0.155. The highest BCUT2D eigenvalue weighted by Crippen LogP contribution is 2.42. The molecule has 1 aromatic carbocycles. The van der Waals surface area contributed by atoms with E-state index in [-0.39, 0.29) is 43.2 Å². The average Bonchev–Trinajstić information content (AvgIpc) is 4.05. The second-order valence-corrected chi connectivity index (χ2v) is 19.7. The Bertz CT molecular complexity index is 2520. The highest BCUT2D eigenvalue weighted by molar-refractivity contribution is 7.05. The van der Waals surface area contributed by atoms with E-state index in [0.29, 0.717) is 49.6 Å². The molecule has 5 atom stereocenters. The van der Waals surface area contributed by atoms with Crippen LogP contribution in [0, 0.1) is 29.1 Å². The molecule has 2 fully saturated rings. The van der Waals surface area contributed by atoms with Gasteiger partial charge in [0.2, 0.25) is 11.8 Å². The van der Waals surface area contributed by atoms with E-state index in [0.717, 1.165) is 51.9 Å². The Morgan fingerprint density at radius 1 is 1.11 bits per heavy atom. The van der Waals surface area contributed by atoms with Gasteiger partial charge in [-0.3, -0.25) is 34.0 Å². The van der Waals surface area contributed by atoms with Crippen molar-refractivity contribution in [3.63, 3.8) is 0 Å². The summed E-state index contributed by atoms with van der Waals surface area (Å²) < 4.78 is 13.3. The molecule has 0 aliphatic carbocycles. The van der Waals surface area contributed by atoms with E-state index < -0.39 is 47.2 Å². The zero-order valence-corrected chi connectivity index (χ0v) is 40.0.